The zero-order valence-electron chi connectivity index (χ0n) is 4.64. The van der Waals surface area contributed by atoms with Crippen molar-refractivity contribution in [2.24, 2.45) is 5.92 Å². The molecule has 0 spiro atoms. The maximum atomic E-state index is 8.09. The van der Waals surface area contributed by atoms with Crippen LogP contribution in [0.5, 0.6) is 0 Å². The molecule has 0 rings (SSSR count). The summed E-state index contributed by atoms with van der Waals surface area (Å²) in [6.45, 7) is 4.28. The van der Waals surface area contributed by atoms with Gasteiger partial charge in [0.1, 0.15) is 0 Å². The molecule has 0 saturated carbocycles. The van der Waals surface area contributed by atoms with Crippen LogP contribution in [-0.4, -0.2) is 15.0 Å². The first-order valence-electron chi connectivity index (χ1n) is 2.28. The Labute approximate surface area is 50.9 Å². The molecule has 2 heteroatoms. The van der Waals surface area contributed by atoms with E-state index < -0.39 is 0 Å². The zero-order valence-corrected chi connectivity index (χ0v) is 6.35. The van der Waals surface area contributed by atoms with E-state index >= 15 is 0 Å². The van der Waals surface area contributed by atoms with Crippen molar-refractivity contribution in [2.75, 3.05) is 0 Å². The summed E-state index contributed by atoms with van der Waals surface area (Å²) in [5.41, 5.74) is 0. The molecule has 0 radical (unpaired) electrons. The predicted molar refractivity (Wildman–Crippen MR) is 31.0 cm³/mol. The second-order valence-electron chi connectivity index (χ2n) is 1.80. The Kier molecular flexibility index (Phi) is 4.18. The molecule has 1 nitrogen and oxygen atoms in total. The number of nitriles is 1. The van der Waals surface area contributed by atoms with Crippen LogP contribution >= 0.6 is 0 Å². The topological polar surface area (TPSA) is 23.8 Å². The van der Waals surface area contributed by atoms with Gasteiger partial charge in [0, 0.05) is 0 Å². The molecule has 0 aromatic carbocycles. The number of hydrogen-bond acceptors (Lipinski definition) is 1. The van der Waals surface area contributed by atoms with Crippen LogP contribution in [0.3, 0.4) is 0 Å². The Morgan fingerprint density at radius 3 is 2.43 bits per heavy atom. The molecule has 0 aliphatic rings. The fourth-order valence-corrected chi connectivity index (χ4v) is 1.06. The fourth-order valence-electron chi connectivity index (χ4n) is 0.204. The van der Waals surface area contributed by atoms with Crippen molar-refractivity contribution >= 4 is 15.0 Å². The Morgan fingerprint density at radius 2 is 2.29 bits per heavy atom. The molecule has 0 heterocycles. The van der Waals surface area contributed by atoms with Gasteiger partial charge in [-0.1, -0.05) is 0 Å². The Hall–Kier alpha value is 0.00948. The number of rotatable bonds is 2. The monoisotopic (exact) mass is 163 g/mol. The van der Waals surface area contributed by atoms with Gasteiger partial charge in [-0.15, -0.1) is 0 Å². The van der Waals surface area contributed by atoms with E-state index in [1.807, 2.05) is 0 Å². The average molecular weight is 162 g/mol. The predicted octanol–water partition coefficient (Wildman–Crippen LogP) is 1.25. The van der Waals surface area contributed by atoms with Gasteiger partial charge in [0.05, 0.1) is 0 Å². The molecule has 0 aromatic rings. The van der Waals surface area contributed by atoms with Crippen LogP contribution in [0.15, 0.2) is 0 Å². The zero-order chi connectivity index (χ0) is 5.70. The summed E-state index contributed by atoms with van der Waals surface area (Å²) in [6, 6.07) is 0. The molecular weight excluding hydrogens is 153 g/mol. The molecule has 0 saturated heterocycles. The summed E-state index contributed by atoms with van der Waals surface area (Å²) in [5.74, 6) is 0.708. The van der Waals surface area contributed by atoms with Crippen molar-refractivity contribution in [1.29, 1.82) is 5.26 Å². The summed E-state index contributed by atoms with van der Waals surface area (Å²) in [6.07, 6.45) is 0. The minimum absolute atomic E-state index is 0.244. The molecule has 0 aliphatic carbocycles. The van der Waals surface area contributed by atoms with Gasteiger partial charge in [-0.3, -0.25) is 0 Å². The van der Waals surface area contributed by atoms with Gasteiger partial charge >= 0.3 is 50.3 Å². The van der Waals surface area contributed by atoms with Crippen LogP contribution in [0.25, 0.3) is 0 Å². The third-order valence-corrected chi connectivity index (χ3v) is 2.50. The van der Waals surface area contributed by atoms with Crippen molar-refractivity contribution < 1.29 is 0 Å². The van der Waals surface area contributed by atoms with Crippen LogP contribution < -0.4 is 0 Å². The molecule has 0 amide bonds. The number of nitrogens with zero attached hydrogens (tertiary/aromatic N) is 1. The van der Waals surface area contributed by atoms with E-state index in [9.17, 15) is 0 Å². The second kappa shape index (κ2) is 4.18. The van der Waals surface area contributed by atoms with Gasteiger partial charge in [-0.2, -0.15) is 0 Å². The molecule has 0 aliphatic heterocycles. The van der Waals surface area contributed by atoms with Crippen LogP contribution in [0.4, 0.5) is 0 Å². The quantitative estimate of drug-likeness (QED) is 0.560. The van der Waals surface area contributed by atoms with Gasteiger partial charge in [0.2, 0.25) is 0 Å². The van der Waals surface area contributed by atoms with E-state index in [-0.39, 0.29) is 15.0 Å². The van der Waals surface area contributed by atoms with Gasteiger partial charge in [0.25, 0.3) is 0 Å². The van der Waals surface area contributed by atoms with Crippen molar-refractivity contribution in [2.45, 2.75) is 19.2 Å². The molecule has 0 atom stereocenters. The molecule has 0 N–H and O–H groups in total. The van der Waals surface area contributed by atoms with Crippen molar-refractivity contribution in [3.63, 3.8) is 0 Å². The standard InChI is InChI=1S/C5H9NSe/c1-5(2)3-7-4-6/h5H,3H2,1-2H3. The van der Waals surface area contributed by atoms with Crippen LogP contribution in [-0.2, 0) is 0 Å². The van der Waals surface area contributed by atoms with Crippen LogP contribution in [0.1, 0.15) is 13.8 Å². The Morgan fingerprint density at radius 1 is 1.71 bits per heavy atom. The third-order valence-electron chi connectivity index (χ3n) is 0.481. The molecule has 0 bridgehead atoms. The maximum absolute atomic E-state index is 8.09. The van der Waals surface area contributed by atoms with E-state index in [1.165, 1.54) is 0 Å². The van der Waals surface area contributed by atoms with E-state index in [4.69, 9.17) is 5.26 Å². The van der Waals surface area contributed by atoms with Crippen LogP contribution in [0, 0.1) is 16.1 Å². The first-order chi connectivity index (χ1) is 3.27. The third kappa shape index (κ3) is 6.01. The summed E-state index contributed by atoms with van der Waals surface area (Å²) in [4.78, 5) is 2.16. The second-order valence-corrected chi connectivity index (χ2v) is 3.48. The van der Waals surface area contributed by atoms with E-state index in [2.05, 4.69) is 18.8 Å². The van der Waals surface area contributed by atoms with Gasteiger partial charge in [-0.25, -0.2) is 0 Å². The summed E-state index contributed by atoms with van der Waals surface area (Å²) < 4.78 is 0. The van der Waals surface area contributed by atoms with Crippen molar-refractivity contribution in [3.8, 4) is 4.97 Å². The summed E-state index contributed by atoms with van der Waals surface area (Å²) in [5, 5.41) is 9.19. The van der Waals surface area contributed by atoms with Gasteiger partial charge in [-0.05, 0) is 0 Å². The normalized spacial score (nSPS) is 8.86. The fraction of sp³-hybridized carbons (Fsp3) is 0.800. The summed E-state index contributed by atoms with van der Waals surface area (Å²) in [7, 11) is 0. The van der Waals surface area contributed by atoms with E-state index in [0.29, 0.717) is 5.92 Å². The van der Waals surface area contributed by atoms with Gasteiger partial charge < -0.3 is 0 Å². The molecule has 40 valence electrons. The Balaban J connectivity index is 2.86. The SMILES string of the molecule is CC(C)C[Se]C#N. The Bertz CT molecular complexity index is 72.6. The van der Waals surface area contributed by atoms with E-state index in [0.717, 1.165) is 5.32 Å². The summed E-state index contributed by atoms with van der Waals surface area (Å²) >= 11 is 0.244. The first kappa shape index (κ1) is 7.01. The van der Waals surface area contributed by atoms with Crippen LogP contribution in [0.2, 0.25) is 5.32 Å². The first-order valence-corrected chi connectivity index (χ1v) is 4.35. The van der Waals surface area contributed by atoms with Gasteiger partial charge in [0.15, 0.2) is 0 Å². The molecule has 7 heavy (non-hydrogen) atoms. The molecular formula is C5H9NSe. The molecule has 0 fully saturated rings. The average Bonchev–Trinajstić information content (AvgIpc) is 1.61. The van der Waals surface area contributed by atoms with E-state index in [1.54, 1.807) is 0 Å². The number of hydrogen-bond donors (Lipinski definition) is 0. The molecule has 0 unspecified atom stereocenters. The van der Waals surface area contributed by atoms with Crippen molar-refractivity contribution in [1.82, 2.24) is 0 Å². The van der Waals surface area contributed by atoms with Crippen molar-refractivity contribution in [3.05, 3.63) is 0 Å². The minimum atomic E-state index is 0.244. The molecule has 0 aromatic heterocycles.